The molecule has 3 rings (SSSR count). The first-order valence-electron chi connectivity index (χ1n) is 9.38. The molecule has 0 spiro atoms. The van der Waals surface area contributed by atoms with Gasteiger partial charge in [0.1, 0.15) is 6.04 Å². The molecule has 0 fully saturated rings. The van der Waals surface area contributed by atoms with Crippen LogP contribution in [0.5, 0.6) is 0 Å². The lowest BCUT2D eigenvalue weighted by atomic mass is 9.90. The maximum Gasteiger partial charge on any atom is 0.240 e. The minimum atomic E-state index is -0.720. The summed E-state index contributed by atoms with van der Waals surface area (Å²) in [5, 5.41) is 2.87. The van der Waals surface area contributed by atoms with Crippen molar-refractivity contribution in [1.29, 1.82) is 0 Å². The van der Waals surface area contributed by atoms with Crippen molar-refractivity contribution in [2.45, 2.75) is 24.8 Å². The van der Waals surface area contributed by atoms with Crippen LogP contribution in [0.1, 0.15) is 29.0 Å². The average molecular weight is 372 g/mol. The molecule has 0 aliphatic heterocycles. The second-order valence-corrected chi connectivity index (χ2v) is 6.74. The normalized spacial score (nSPS) is 11.8. The van der Waals surface area contributed by atoms with Crippen LogP contribution >= 0.6 is 0 Å². The Balaban J connectivity index is 1.78. The van der Waals surface area contributed by atoms with Gasteiger partial charge in [0.15, 0.2) is 0 Å². The van der Waals surface area contributed by atoms with Crippen molar-refractivity contribution >= 4 is 11.8 Å². The molecule has 0 bridgehead atoms. The number of carbonyl (C=O) groups is 2. The SMILES string of the molecule is NC(=O)[C@H](CCc1ccccc1)NC(=O)C(c1ccccc1)c1ccccc1. The minimum Gasteiger partial charge on any atom is -0.368 e. The van der Waals surface area contributed by atoms with Gasteiger partial charge in [0.2, 0.25) is 11.8 Å². The molecular weight excluding hydrogens is 348 g/mol. The van der Waals surface area contributed by atoms with Crippen LogP contribution in [0.2, 0.25) is 0 Å². The monoisotopic (exact) mass is 372 g/mol. The third-order valence-corrected chi connectivity index (χ3v) is 4.75. The van der Waals surface area contributed by atoms with E-state index in [0.29, 0.717) is 12.8 Å². The topological polar surface area (TPSA) is 72.2 Å². The van der Waals surface area contributed by atoms with Crippen molar-refractivity contribution < 1.29 is 9.59 Å². The third-order valence-electron chi connectivity index (χ3n) is 4.75. The number of nitrogens with two attached hydrogens (primary N) is 1. The lowest BCUT2D eigenvalue weighted by molar-refractivity contribution is -0.127. The van der Waals surface area contributed by atoms with Gasteiger partial charge in [0.25, 0.3) is 0 Å². The van der Waals surface area contributed by atoms with E-state index in [1.54, 1.807) is 0 Å². The molecule has 2 amide bonds. The zero-order valence-electron chi connectivity index (χ0n) is 15.6. The molecule has 3 aromatic rings. The van der Waals surface area contributed by atoms with Gasteiger partial charge >= 0.3 is 0 Å². The molecule has 0 aromatic heterocycles. The van der Waals surface area contributed by atoms with Gasteiger partial charge in [-0.05, 0) is 29.5 Å². The highest BCUT2D eigenvalue weighted by Gasteiger charge is 2.26. The molecule has 4 nitrogen and oxygen atoms in total. The minimum absolute atomic E-state index is 0.228. The molecule has 3 N–H and O–H groups in total. The van der Waals surface area contributed by atoms with Gasteiger partial charge in [-0.25, -0.2) is 0 Å². The van der Waals surface area contributed by atoms with Crippen LogP contribution in [0.25, 0.3) is 0 Å². The lowest BCUT2D eigenvalue weighted by Gasteiger charge is -2.22. The summed E-state index contributed by atoms with van der Waals surface area (Å²) < 4.78 is 0. The van der Waals surface area contributed by atoms with Crippen LogP contribution in [0.4, 0.5) is 0 Å². The number of rotatable bonds is 8. The summed E-state index contributed by atoms with van der Waals surface area (Å²) >= 11 is 0. The van der Waals surface area contributed by atoms with Crippen molar-refractivity contribution in [2.24, 2.45) is 5.73 Å². The molecule has 0 saturated heterocycles. The molecule has 3 aromatic carbocycles. The summed E-state index contributed by atoms with van der Waals surface area (Å²) in [5.41, 5.74) is 8.42. The molecule has 142 valence electrons. The highest BCUT2D eigenvalue weighted by atomic mass is 16.2. The van der Waals surface area contributed by atoms with Crippen molar-refractivity contribution in [3.63, 3.8) is 0 Å². The van der Waals surface area contributed by atoms with Crippen molar-refractivity contribution in [3.05, 3.63) is 108 Å². The maximum atomic E-state index is 13.2. The predicted octanol–water partition coefficient (Wildman–Crippen LogP) is 3.42. The van der Waals surface area contributed by atoms with Crippen LogP contribution in [-0.4, -0.2) is 17.9 Å². The predicted molar refractivity (Wildman–Crippen MR) is 111 cm³/mol. The fourth-order valence-electron chi connectivity index (χ4n) is 3.28. The molecule has 0 radical (unpaired) electrons. The number of hydrogen-bond donors (Lipinski definition) is 2. The quantitative estimate of drug-likeness (QED) is 0.636. The van der Waals surface area contributed by atoms with E-state index in [-0.39, 0.29) is 5.91 Å². The molecule has 4 heteroatoms. The number of aryl methyl sites for hydroxylation is 1. The summed E-state index contributed by atoms with van der Waals surface area (Å²) in [7, 11) is 0. The molecular formula is C24H24N2O2. The first kappa shape index (κ1) is 19.4. The lowest BCUT2D eigenvalue weighted by Crippen LogP contribution is -2.46. The van der Waals surface area contributed by atoms with Gasteiger partial charge < -0.3 is 11.1 Å². The fourth-order valence-corrected chi connectivity index (χ4v) is 3.28. The van der Waals surface area contributed by atoms with Gasteiger partial charge in [-0.1, -0.05) is 91.0 Å². The molecule has 28 heavy (non-hydrogen) atoms. The molecule has 0 saturated carbocycles. The van der Waals surface area contributed by atoms with Crippen molar-refractivity contribution in [1.82, 2.24) is 5.32 Å². The van der Waals surface area contributed by atoms with Gasteiger partial charge in [-0.2, -0.15) is 0 Å². The zero-order chi connectivity index (χ0) is 19.8. The summed E-state index contributed by atoms with van der Waals surface area (Å²) in [6.45, 7) is 0. The number of primary amides is 1. The van der Waals surface area contributed by atoms with E-state index in [4.69, 9.17) is 5.73 Å². The average Bonchev–Trinajstić information content (AvgIpc) is 2.73. The zero-order valence-corrected chi connectivity index (χ0v) is 15.6. The summed E-state index contributed by atoms with van der Waals surface area (Å²) in [6.07, 6.45) is 1.12. The van der Waals surface area contributed by atoms with Gasteiger partial charge in [-0.3, -0.25) is 9.59 Å². The standard InChI is InChI=1S/C24H24N2O2/c25-23(27)21(17-16-18-10-4-1-5-11-18)26-24(28)22(19-12-6-2-7-13-19)20-14-8-3-9-15-20/h1-15,21-22H,16-17H2,(H2,25,27)(H,26,28)/t21-/m0/s1. The van der Waals surface area contributed by atoms with Gasteiger partial charge in [0, 0.05) is 0 Å². The Morgan fingerprint density at radius 2 is 1.21 bits per heavy atom. The number of amides is 2. The summed E-state index contributed by atoms with van der Waals surface area (Å²) in [4.78, 5) is 25.1. The number of nitrogens with one attached hydrogen (secondary N) is 1. The van der Waals surface area contributed by atoms with Crippen LogP contribution in [0.3, 0.4) is 0 Å². The Morgan fingerprint density at radius 1 is 0.750 bits per heavy atom. The third kappa shape index (κ3) is 5.07. The van der Waals surface area contributed by atoms with E-state index in [1.807, 2.05) is 91.0 Å². The Morgan fingerprint density at radius 3 is 1.68 bits per heavy atom. The van der Waals surface area contributed by atoms with Crippen molar-refractivity contribution in [3.8, 4) is 0 Å². The molecule has 0 heterocycles. The smallest absolute Gasteiger partial charge is 0.240 e. The largest absolute Gasteiger partial charge is 0.368 e. The highest BCUT2D eigenvalue weighted by Crippen LogP contribution is 2.25. The summed E-state index contributed by atoms with van der Waals surface area (Å²) in [5.74, 6) is -1.25. The summed E-state index contributed by atoms with van der Waals surface area (Å²) in [6, 6.07) is 28.2. The number of hydrogen-bond acceptors (Lipinski definition) is 2. The van der Waals surface area contributed by atoms with E-state index in [1.165, 1.54) is 0 Å². The van der Waals surface area contributed by atoms with E-state index < -0.39 is 17.9 Å². The fraction of sp³-hybridized carbons (Fsp3) is 0.167. The molecule has 0 unspecified atom stereocenters. The van der Waals surface area contributed by atoms with Crippen LogP contribution in [-0.2, 0) is 16.0 Å². The molecule has 0 aliphatic rings. The van der Waals surface area contributed by atoms with Gasteiger partial charge in [-0.15, -0.1) is 0 Å². The molecule has 0 aliphatic carbocycles. The van der Waals surface area contributed by atoms with E-state index in [2.05, 4.69) is 5.32 Å². The van der Waals surface area contributed by atoms with Crippen LogP contribution in [0.15, 0.2) is 91.0 Å². The van der Waals surface area contributed by atoms with Crippen LogP contribution < -0.4 is 11.1 Å². The van der Waals surface area contributed by atoms with E-state index in [9.17, 15) is 9.59 Å². The van der Waals surface area contributed by atoms with E-state index >= 15 is 0 Å². The Bertz CT molecular complexity index is 856. The second-order valence-electron chi connectivity index (χ2n) is 6.74. The Kier molecular flexibility index (Phi) is 6.58. The van der Waals surface area contributed by atoms with Crippen LogP contribution in [0, 0.1) is 0 Å². The number of carbonyl (C=O) groups excluding carboxylic acids is 2. The highest BCUT2D eigenvalue weighted by molar-refractivity contribution is 5.91. The number of benzene rings is 3. The Labute approximate surface area is 165 Å². The van der Waals surface area contributed by atoms with Gasteiger partial charge in [0.05, 0.1) is 5.92 Å². The maximum absolute atomic E-state index is 13.2. The second kappa shape index (κ2) is 9.51. The van der Waals surface area contributed by atoms with E-state index in [0.717, 1.165) is 16.7 Å². The van der Waals surface area contributed by atoms with Crippen molar-refractivity contribution in [2.75, 3.05) is 0 Å². The first-order chi connectivity index (χ1) is 13.6. The first-order valence-corrected chi connectivity index (χ1v) is 9.38. The Hall–Kier alpha value is -3.40. The molecule has 1 atom stereocenters.